The minimum atomic E-state index is -0.728. The van der Waals surface area contributed by atoms with Gasteiger partial charge in [-0.1, -0.05) is 112 Å². The summed E-state index contributed by atoms with van der Waals surface area (Å²) in [5.41, 5.74) is 3.34. The lowest BCUT2D eigenvalue weighted by Crippen LogP contribution is -2.60. The molecule has 5 fully saturated rings. The Morgan fingerprint density at radius 2 is 1.21 bits per heavy atom. The number of aliphatic hydroxyl groups is 1. The molecule has 3 unspecified atom stereocenters. The maximum Gasteiger partial charge on any atom is 0.347 e. The monoisotopic (exact) mass is 922 g/mol. The van der Waals surface area contributed by atoms with Gasteiger partial charge in [-0.2, -0.15) is 0 Å². The predicted molar refractivity (Wildman–Crippen MR) is 266 cm³/mol. The molecular formula is C57H62O11. The summed E-state index contributed by atoms with van der Waals surface area (Å²) in [6.45, 7) is 23.3. The Labute approximate surface area is 398 Å². The topological polar surface area (TPSA) is 166 Å². The third kappa shape index (κ3) is 14.9. The highest BCUT2D eigenvalue weighted by Gasteiger charge is 2.59. The summed E-state index contributed by atoms with van der Waals surface area (Å²) in [6, 6.07) is 32.2. The number of rotatable bonds is 9. The van der Waals surface area contributed by atoms with Crippen molar-refractivity contribution in [1.29, 1.82) is 0 Å². The number of hydrogen-bond acceptors (Lipinski definition) is 11. The van der Waals surface area contributed by atoms with E-state index in [1.807, 2.05) is 91.0 Å². The van der Waals surface area contributed by atoms with Gasteiger partial charge in [0.25, 0.3) is 0 Å². The summed E-state index contributed by atoms with van der Waals surface area (Å²) in [5, 5.41) is 33.2. The molecule has 1 aliphatic heterocycles. The Morgan fingerprint density at radius 1 is 0.676 bits per heavy atom. The van der Waals surface area contributed by atoms with E-state index < -0.39 is 29.2 Å². The highest BCUT2D eigenvalue weighted by molar-refractivity contribution is 5.90. The lowest BCUT2D eigenvalue weighted by Gasteiger charge is -2.59. The van der Waals surface area contributed by atoms with Crippen molar-refractivity contribution in [3.8, 4) is 11.5 Å². The molecule has 11 nitrogen and oxygen atoms in total. The first-order valence-corrected chi connectivity index (χ1v) is 22.5. The van der Waals surface area contributed by atoms with Crippen molar-refractivity contribution in [2.75, 3.05) is 6.61 Å². The minimum Gasteiger partial charge on any atom is -0.508 e. The smallest absolute Gasteiger partial charge is 0.347 e. The molecule has 68 heavy (non-hydrogen) atoms. The van der Waals surface area contributed by atoms with E-state index in [-0.39, 0.29) is 29.9 Å². The van der Waals surface area contributed by atoms with Crippen molar-refractivity contribution in [2.24, 2.45) is 11.8 Å². The number of carbonyl (C=O) groups is 4. The predicted octanol–water partition coefficient (Wildman–Crippen LogP) is 11.3. The number of esters is 4. The maximum absolute atomic E-state index is 11.7. The number of aromatic hydroxyl groups is 2. The Balaban J connectivity index is 0.000000163. The number of cyclic esters (lactones) is 1. The van der Waals surface area contributed by atoms with Crippen LogP contribution in [0, 0.1) is 11.8 Å². The van der Waals surface area contributed by atoms with Gasteiger partial charge in [0.05, 0.1) is 12.2 Å². The Morgan fingerprint density at radius 3 is 1.71 bits per heavy atom. The van der Waals surface area contributed by atoms with Crippen molar-refractivity contribution in [3.05, 3.63) is 169 Å². The summed E-state index contributed by atoms with van der Waals surface area (Å²) in [5.74, 6) is -0.0686. The van der Waals surface area contributed by atoms with E-state index in [1.54, 1.807) is 38.1 Å². The highest BCUT2D eigenvalue weighted by atomic mass is 16.6. The number of phenolic OH excluding ortho intramolecular Hbond substituents is 2. The van der Waals surface area contributed by atoms with Crippen LogP contribution in [0.15, 0.2) is 153 Å². The Kier molecular flexibility index (Phi) is 17.9. The molecule has 0 radical (unpaired) electrons. The quantitative estimate of drug-likeness (QED) is 0.0731. The fraction of sp³-hybridized carbons (Fsp3) is 0.298. The van der Waals surface area contributed by atoms with Gasteiger partial charge < -0.3 is 34.3 Å². The second-order valence-electron chi connectivity index (χ2n) is 18.0. The van der Waals surface area contributed by atoms with Crippen LogP contribution in [0.2, 0.25) is 0 Å². The zero-order valence-corrected chi connectivity index (χ0v) is 39.2. The molecule has 3 N–H and O–H groups in total. The summed E-state index contributed by atoms with van der Waals surface area (Å²) in [6.07, 6.45) is 8.86. The van der Waals surface area contributed by atoms with Gasteiger partial charge in [0.2, 0.25) is 6.10 Å². The van der Waals surface area contributed by atoms with Crippen LogP contribution in [-0.2, 0) is 44.7 Å². The zero-order chi connectivity index (χ0) is 49.6. The van der Waals surface area contributed by atoms with Gasteiger partial charge in [-0.05, 0) is 139 Å². The average molecular weight is 923 g/mol. The number of fused-ring (bicyclic) bond motifs is 2. The zero-order valence-electron chi connectivity index (χ0n) is 39.2. The fourth-order valence-corrected chi connectivity index (χ4v) is 8.96. The molecule has 4 aliphatic carbocycles. The molecule has 3 atom stereocenters. The molecule has 5 aromatic rings. The van der Waals surface area contributed by atoms with Crippen molar-refractivity contribution in [1.82, 2.24) is 0 Å². The van der Waals surface area contributed by atoms with Crippen LogP contribution < -0.4 is 0 Å². The van der Waals surface area contributed by atoms with Crippen molar-refractivity contribution in [2.45, 2.75) is 89.6 Å². The first-order chi connectivity index (χ1) is 32.3. The molecule has 10 rings (SSSR count). The SMILES string of the molecule is C=C(C)C(=O)OC12CC3CC(CC(O)(C3)C1)C2.C=C(C)C(=O)OC1CCOC1=O.C=C(C)C(=O)OCc1ccc2cc(O)ccc2c1.C=Cc1ccc2cc(O)ccc2c1.C=Cc1ccccc1. The molecule has 356 valence electrons. The number of benzene rings is 5. The van der Waals surface area contributed by atoms with Crippen LogP contribution in [0.3, 0.4) is 0 Å². The van der Waals surface area contributed by atoms with Crippen molar-refractivity contribution >= 4 is 57.6 Å². The van der Waals surface area contributed by atoms with Gasteiger partial charge in [0.1, 0.15) is 23.7 Å². The summed E-state index contributed by atoms with van der Waals surface area (Å²) >= 11 is 0. The second kappa shape index (κ2) is 23.5. The summed E-state index contributed by atoms with van der Waals surface area (Å²) in [4.78, 5) is 44.7. The van der Waals surface area contributed by atoms with E-state index in [4.69, 9.17) is 14.2 Å². The molecule has 0 amide bonds. The van der Waals surface area contributed by atoms with Gasteiger partial charge >= 0.3 is 23.9 Å². The Hall–Kier alpha value is -7.24. The number of ether oxygens (including phenoxy) is 4. The Bertz CT molecular complexity index is 2660. The van der Waals surface area contributed by atoms with Crippen LogP contribution in [0.25, 0.3) is 33.7 Å². The van der Waals surface area contributed by atoms with Gasteiger partial charge in [-0.3, -0.25) is 0 Å². The van der Waals surface area contributed by atoms with Crippen LogP contribution in [0.5, 0.6) is 11.5 Å². The van der Waals surface area contributed by atoms with Crippen molar-refractivity contribution in [3.63, 3.8) is 0 Å². The van der Waals surface area contributed by atoms with Crippen LogP contribution in [-0.4, -0.2) is 63.1 Å². The van der Waals surface area contributed by atoms with Gasteiger partial charge in [-0.15, -0.1) is 0 Å². The fourth-order valence-electron chi connectivity index (χ4n) is 8.96. The van der Waals surface area contributed by atoms with Crippen LogP contribution in [0.4, 0.5) is 0 Å². The highest BCUT2D eigenvalue weighted by Crippen LogP contribution is 2.59. The maximum atomic E-state index is 11.7. The molecule has 0 spiro atoms. The standard InChI is InChI=1S/C15H14O3.C14H20O3.C12H10O.C8H10O4.C8H8/c1-10(2)15(17)18-9-11-3-4-13-8-14(16)6-5-12(13)7-11;1-9(2)12(15)17-14-6-10-3-11(7-14)5-13(16,4-10)8-14;1-2-9-3-4-11-8-12(13)6-5-10(11)7-9;1-5(2)7(9)12-6-3-4-11-8(6)10;1-2-8-6-4-3-5-7-8/h3-8,16H,1,9H2,2H3;10-11,16H,1,3-8H2,2H3;2-8,13H,1H2;6H,1,3-4H2,2H3;2-7H,1H2. The molecule has 11 heteroatoms. The van der Waals surface area contributed by atoms with Gasteiger partial charge in [-0.25, -0.2) is 19.2 Å². The molecule has 5 aliphatic rings. The summed E-state index contributed by atoms with van der Waals surface area (Å²) in [7, 11) is 0. The van der Waals surface area contributed by atoms with Crippen molar-refractivity contribution < 1.29 is 53.4 Å². The van der Waals surface area contributed by atoms with Gasteiger partial charge in [0, 0.05) is 29.6 Å². The molecule has 1 saturated heterocycles. The lowest BCUT2D eigenvalue weighted by molar-refractivity contribution is -0.217. The first kappa shape index (κ1) is 51.7. The van der Waals surface area contributed by atoms with E-state index in [1.165, 1.54) is 18.9 Å². The summed E-state index contributed by atoms with van der Waals surface area (Å²) < 4.78 is 20.1. The number of hydrogen-bond donors (Lipinski definition) is 3. The number of phenols is 2. The molecule has 4 bridgehead atoms. The van der Waals surface area contributed by atoms with Crippen LogP contribution in [0.1, 0.15) is 82.4 Å². The third-order valence-electron chi connectivity index (χ3n) is 11.8. The van der Waals surface area contributed by atoms with Crippen LogP contribution >= 0.6 is 0 Å². The average Bonchev–Trinajstić information content (AvgIpc) is 3.71. The molecule has 1 heterocycles. The largest absolute Gasteiger partial charge is 0.508 e. The minimum absolute atomic E-state index is 0.225. The second-order valence-corrected chi connectivity index (χ2v) is 18.0. The van der Waals surface area contributed by atoms with E-state index in [0.717, 1.165) is 58.4 Å². The van der Waals surface area contributed by atoms with E-state index >= 15 is 0 Å². The molecule has 4 saturated carbocycles. The molecule has 0 aromatic heterocycles. The van der Waals surface area contributed by atoms with E-state index in [9.17, 15) is 34.5 Å². The lowest BCUT2D eigenvalue weighted by atomic mass is 9.52. The molecular weight excluding hydrogens is 861 g/mol. The third-order valence-corrected chi connectivity index (χ3v) is 11.8. The normalized spacial score (nSPS) is 21.2. The molecule has 5 aromatic carbocycles. The first-order valence-electron chi connectivity index (χ1n) is 22.5. The van der Waals surface area contributed by atoms with Gasteiger partial charge in [0.15, 0.2) is 0 Å². The van der Waals surface area contributed by atoms with E-state index in [0.29, 0.717) is 48.2 Å². The number of carbonyl (C=O) groups excluding carboxylic acids is 4. The van der Waals surface area contributed by atoms with E-state index in [2.05, 4.69) is 37.6 Å².